The Balaban J connectivity index is 2.09. The maximum absolute atomic E-state index is 13.1. The molecule has 0 aliphatic carbocycles. The maximum atomic E-state index is 13.1. The second kappa shape index (κ2) is 7.98. The van der Waals surface area contributed by atoms with Crippen LogP contribution in [-0.2, 0) is 10.0 Å². The lowest BCUT2D eigenvalue weighted by Crippen LogP contribution is -2.42. The molecule has 0 radical (unpaired) electrons. The van der Waals surface area contributed by atoms with Gasteiger partial charge in [0.15, 0.2) is 0 Å². The van der Waals surface area contributed by atoms with Crippen molar-refractivity contribution in [1.82, 2.24) is 9.62 Å². The van der Waals surface area contributed by atoms with E-state index in [9.17, 15) is 22.0 Å². The molecule has 3 N–H and O–H groups in total. The van der Waals surface area contributed by atoms with Crippen LogP contribution in [0.1, 0.15) is 30.6 Å². The first-order valence-electron chi connectivity index (χ1n) is 8.51. The first kappa shape index (κ1) is 20.7. The van der Waals surface area contributed by atoms with Crippen LogP contribution in [0.15, 0.2) is 29.2 Å². The quantitative estimate of drug-likeness (QED) is 0.774. The largest absolute Gasteiger partial charge is 0.346 e. The lowest BCUT2D eigenvalue weighted by atomic mass is 9.94. The minimum absolute atomic E-state index is 0.0858. The van der Waals surface area contributed by atoms with Crippen molar-refractivity contribution >= 4 is 15.9 Å². The molecule has 9 heteroatoms. The van der Waals surface area contributed by atoms with Crippen molar-refractivity contribution in [3.05, 3.63) is 29.8 Å². The molecule has 0 bridgehead atoms. The van der Waals surface area contributed by atoms with Crippen LogP contribution in [0.25, 0.3) is 0 Å². The zero-order valence-corrected chi connectivity index (χ0v) is 15.7. The third-order valence-corrected chi connectivity index (χ3v) is 6.24. The Bertz CT molecular complexity index is 728. The second-order valence-electron chi connectivity index (χ2n) is 7.04. The Morgan fingerprint density at radius 3 is 2.27 bits per heavy atom. The topological polar surface area (TPSA) is 92.5 Å². The van der Waals surface area contributed by atoms with Crippen LogP contribution in [-0.4, -0.2) is 50.7 Å². The van der Waals surface area contributed by atoms with E-state index in [1.165, 1.54) is 28.6 Å². The van der Waals surface area contributed by atoms with Gasteiger partial charge in [-0.3, -0.25) is 4.79 Å². The SMILES string of the molecule is CC1CC(C)CN(S(=O)(=O)c2ccc(C(=O)NCC(F)(F)CN)cc2)C1. The van der Waals surface area contributed by atoms with E-state index in [0.717, 1.165) is 6.42 Å². The molecule has 0 aromatic heterocycles. The van der Waals surface area contributed by atoms with Crippen LogP contribution >= 0.6 is 0 Å². The molecule has 1 aliphatic rings. The second-order valence-corrected chi connectivity index (χ2v) is 8.97. The van der Waals surface area contributed by atoms with Crippen molar-refractivity contribution in [1.29, 1.82) is 0 Å². The normalized spacial score (nSPS) is 22.2. The van der Waals surface area contributed by atoms with Crippen LogP contribution < -0.4 is 11.1 Å². The Hall–Kier alpha value is -1.58. The van der Waals surface area contributed by atoms with Gasteiger partial charge in [0.1, 0.15) is 0 Å². The highest BCUT2D eigenvalue weighted by molar-refractivity contribution is 7.89. The predicted octanol–water partition coefficient (Wildman–Crippen LogP) is 1.68. The first-order valence-corrected chi connectivity index (χ1v) is 9.95. The number of nitrogens with zero attached hydrogens (tertiary/aromatic N) is 1. The standard InChI is InChI=1S/C17H25F2N3O3S/c1-12-7-13(2)9-22(8-12)26(24,25)15-5-3-14(4-6-15)16(23)21-11-17(18,19)10-20/h3-6,12-13H,7-11,20H2,1-2H3,(H,21,23). The molecule has 1 saturated heterocycles. The molecule has 2 rings (SSSR count). The molecular formula is C17H25F2N3O3S. The fourth-order valence-electron chi connectivity index (χ4n) is 3.11. The van der Waals surface area contributed by atoms with Gasteiger partial charge in [-0.25, -0.2) is 17.2 Å². The molecule has 0 saturated carbocycles. The number of alkyl halides is 2. The summed E-state index contributed by atoms with van der Waals surface area (Å²) >= 11 is 0. The van der Waals surface area contributed by atoms with Crippen molar-refractivity contribution in [3.63, 3.8) is 0 Å². The highest BCUT2D eigenvalue weighted by Gasteiger charge is 2.32. The summed E-state index contributed by atoms with van der Waals surface area (Å²) in [6.45, 7) is 3.22. The summed E-state index contributed by atoms with van der Waals surface area (Å²) in [5.74, 6) is -3.33. The lowest BCUT2D eigenvalue weighted by molar-refractivity contribution is 0.0118. The van der Waals surface area contributed by atoms with E-state index in [2.05, 4.69) is 5.32 Å². The predicted molar refractivity (Wildman–Crippen MR) is 94.5 cm³/mol. The van der Waals surface area contributed by atoms with Gasteiger partial charge < -0.3 is 11.1 Å². The van der Waals surface area contributed by atoms with Crippen LogP contribution in [0.4, 0.5) is 8.78 Å². The van der Waals surface area contributed by atoms with Gasteiger partial charge in [-0.2, -0.15) is 4.31 Å². The summed E-state index contributed by atoms with van der Waals surface area (Å²) < 4.78 is 53.2. The van der Waals surface area contributed by atoms with Gasteiger partial charge in [0.25, 0.3) is 11.8 Å². The van der Waals surface area contributed by atoms with Gasteiger partial charge in [0, 0.05) is 18.7 Å². The minimum atomic E-state index is -3.64. The van der Waals surface area contributed by atoms with Gasteiger partial charge in [-0.15, -0.1) is 0 Å². The average Bonchev–Trinajstić information content (AvgIpc) is 2.59. The Labute approximate surface area is 152 Å². The Kier molecular flexibility index (Phi) is 6.36. The fourth-order valence-corrected chi connectivity index (χ4v) is 4.79. The molecule has 1 aromatic rings. The van der Waals surface area contributed by atoms with Crippen molar-refractivity contribution in [2.75, 3.05) is 26.2 Å². The molecule has 1 amide bonds. The zero-order chi connectivity index (χ0) is 19.5. The van der Waals surface area contributed by atoms with E-state index in [4.69, 9.17) is 5.73 Å². The number of benzene rings is 1. The van der Waals surface area contributed by atoms with E-state index >= 15 is 0 Å². The number of nitrogens with one attached hydrogen (secondary N) is 1. The number of nitrogens with two attached hydrogens (primary N) is 1. The minimum Gasteiger partial charge on any atom is -0.346 e. The highest BCUT2D eigenvalue weighted by atomic mass is 32.2. The van der Waals surface area contributed by atoms with Crippen molar-refractivity contribution in [3.8, 4) is 0 Å². The fraction of sp³-hybridized carbons (Fsp3) is 0.588. The van der Waals surface area contributed by atoms with E-state index in [1.54, 1.807) is 0 Å². The maximum Gasteiger partial charge on any atom is 0.277 e. The van der Waals surface area contributed by atoms with Crippen LogP contribution in [0, 0.1) is 11.8 Å². The molecular weight excluding hydrogens is 364 g/mol. The zero-order valence-electron chi connectivity index (χ0n) is 14.9. The van der Waals surface area contributed by atoms with Crippen molar-refractivity contribution < 1.29 is 22.0 Å². The van der Waals surface area contributed by atoms with Gasteiger partial charge in [0.05, 0.1) is 18.0 Å². The summed E-state index contributed by atoms with van der Waals surface area (Å²) in [7, 11) is -3.64. The van der Waals surface area contributed by atoms with Gasteiger partial charge >= 0.3 is 0 Å². The van der Waals surface area contributed by atoms with Crippen LogP contribution in [0.5, 0.6) is 0 Å². The molecule has 6 nitrogen and oxygen atoms in total. The summed E-state index contributed by atoms with van der Waals surface area (Å²) in [6, 6.07) is 5.30. The monoisotopic (exact) mass is 389 g/mol. The molecule has 2 unspecified atom stereocenters. The Morgan fingerprint density at radius 1 is 1.23 bits per heavy atom. The van der Waals surface area contributed by atoms with Gasteiger partial charge in [-0.1, -0.05) is 13.8 Å². The molecule has 2 atom stereocenters. The third kappa shape index (κ3) is 4.99. The smallest absolute Gasteiger partial charge is 0.277 e. The Morgan fingerprint density at radius 2 is 1.77 bits per heavy atom. The van der Waals surface area contributed by atoms with Crippen molar-refractivity contribution in [2.45, 2.75) is 31.1 Å². The molecule has 0 spiro atoms. The van der Waals surface area contributed by atoms with E-state index in [1.807, 2.05) is 13.8 Å². The first-order chi connectivity index (χ1) is 12.0. The summed E-state index contributed by atoms with van der Waals surface area (Å²) in [6.07, 6.45) is 0.985. The third-order valence-electron chi connectivity index (χ3n) is 4.40. The number of hydrogen-bond acceptors (Lipinski definition) is 4. The number of halogens is 2. The number of carbonyl (C=O) groups excluding carboxylic acids is 1. The molecule has 1 aliphatic heterocycles. The van der Waals surface area contributed by atoms with Gasteiger partial charge in [-0.05, 0) is 42.5 Å². The van der Waals surface area contributed by atoms with Crippen LogP contribution in [0.3, 0.4) is 0 Å². The van der Waals surface area contributed by atoms with E-state index in [-0.39, 0.29) is 22.3 Å². The number of rotatable bonds is 6. The van der Waals surface area contributed by atoms with Crippen LogP contribution in [0.2, 0.25) is 0 Å². The number of sulfonamides is 1. The lowest BCUT2D eigenvalue weighted by Gasteiger charge is -2.34. The van der Waals surface area contributed by atoms with E-state index in [0.29, 0.717) is 13.1 Å². The van der Waals surface area contributed by atoms with Crippen molar-refractivity contribution in [2.24, 2.45) is 17.6 Å². The number of carbonyl (C=O) groups is 1. The number of amides is 1. The molecule has 26 heavy (non-hydrogen) atoms. The summed E-state index contributed by atoms with van der Waals surface area (Å²) in [5, 5.41) is 2.09. The number of piperidine rings is 1. The molecule has 1 aromatic carbocycles. The summed E-state index contributed by atoms with van der Waals surface area (Å²) in [5.41, 5.74) is 5.03. The molecule has 1 fully saturated rings. The van der Waals surface area contributed by atoms with Gasteiger partial charge in [0.2, 0.25) is 10.0 Å². The van der Waals surface area contributed by atoms with E-state index < -0.39 is 34.9 Å². The highest BCUT2D eigenvalue weighted by Crippen LogP contribution is 2.26. The number of hydrogen-bond donors (Lipinski definition) is 2. The summed E-state index contributed by atoms with van der Waals surface area (Å²) in [4.78, 5) is 12.0. The average molecular weight is 389 g/mol. The molecule has 1 heterocycles. The molecule has 146 valence electrons.